The van der Waals surface area contributed by atoms with Gasteiger partial charge in [0.05, 0.1) is 20.2 Å². The lowest BCUT2D eigenvalue weighted by Gasteiger charge is -2.20. The molecule has 2 N–H and O–H groups in total. The zero-order chi connectivity index (χ0) is 19.9. The van der Waals surface area contributed by atoms with Crippen LogP contribution in [0.1, 0.15) is 22.0 Å². The van der Waals surface area contributed by atoms with Gasteiger partial charge in [0.15, 0.2) is 6.54 Å². The highest BCUT2D eigenvalue weighted by Crippen LogP contribution is 2.26. The number of carbonyl (C=O) groups is 1. The van der Waals surface area contributed by atoms with Crippen molar-refractivity contribution in [3.8, 4) is 5.75 Å². The molecule has 1 aromatic heterocycles. The Hall–Kier alpha value is -2.70. The third-order valence-corrected chi connectivity index (χ3v) is 5.38. The van der Waals surface area contributed by atoms with Crippen molar-refractivity contribution in [1.82, 2.24) is 5.32 Å². The molecule has 0 fully saturated rings. The fourth-order valence-electron chi connectivity index (χ4n) is 3.11. The van der Waals surface area contributed by atoms with Crippen LogP contribution in [0.5, 0.6) is 5.75 Å². The fourth-order valence-corrected chi connectivity index (χ4v) is 3.91. The van der Waals surface area contributed by atoms with Gasteiger partial charge < -0.3 is 15.0 Å². The van der Waals surface area contributed by atoms with Crippen molar-refractivity contribution in [2.75, 3.05) is 20.7 Å². The van der Waals surface area contributed by atoms with Crippen LogP contribution in [0.3, 0.4) is 0 Å². The van der Waals surface area contributed by atoms with E-state index < -0.39 is 0 Å². The van der Waals surface area contributed by atoms with E-state index in [2.05, 4.69) is 5.32 Å². The second-order valence-corrected chi connectivity index (χ2v) is 7.71. The van der Waals surface area contributed by atoms with Crippen LogP contribution in [-0.4, -0.2) is 26.6 Å². The molecular weight excluding hydrogens is 375 g/mol. The Morgan fingerprint density at radius 1 is 1.18 bits per heavy atom. The van der Waals surface area contributed by atoms with Gasteiger partial charge in [-0.2, -0.15) is 0 Å². The van der Waals surface area contributed by atoms with Crippen molar-refractivity contribution >= 4 is 17.2 Å². The van der Waals surface area contributed by atoms with Crippen LogP contribution in [0, 0.1) is 5.82 Å². The van der Waals surface area contributed by atoms with E-state index in [-0.39, 0.29) is 17.8 Å². The van der Waals surface area contributed by atoms with E-state index in [1.807, 2.05) is 48.8 Å². The number of halogens is 1. The first kappa shape index (κ1) is 20.0. The number of likely N-dealkylation sites (N-methyl/N-ethyl adjacent to an activating group) is 1. The molecule has 1 heterocycles. The lowest BCUT2D eigenvalue weighted by atomic mass is 10.1. The van der Waals surface area contributed by atoms with Gasteiger partial charge in [-0.05, 0) is 41.3 Å². The van der Waals surface area contributed by atoms with E-state index in [4.69, 9.17) is 4.74 Å². The van der Waals surface area contributed by atoms with E-state index >= 15 is 0 Å². The maximum atomic E-state index is 13.3. The number of methoxy groups -OCH3 is 1. The number of hydrogen-bond acceptors (Lipinski definition) is 3. The summed E-state index contributed by atoms with van der Waals surface area (Å²) >= 11 is 1.57. The Labute approximate surface area is 168 Å². The van der Waals surface area contributed by atoms with E-state index in [0.29, 0.717) is 13.1 Å². The van der Waals surface area contributed by atoms with Crippen molar-refractivity contribution < 1.29 is 18.8 Å². The molecule has 2 aromatic carbocycles. The molecule has 6 heteroatoms. The van der Waals surface area contributed by atoms with Gasteiger partial charge in [0.2, 0.25) is 0 Å². The van der Waals surface area contributed by atoms with E-state index in [1.165, 1.54) is 12.1 Å². The van der Waals surface area contributed by atoms with Gasteiger partial charge in [-0.3, -0.25) is 4.79 Å². The van der Waals surface area contributed by atoms with Crippen molar-refractivity contribution in [1.29, 1.82) is 0 Å². The highest BCUT2D eigenvalue weighted by molar-refractivity contribution is 7.10. The molecule has 0 bridgehead atoms. The van der Waals surface area contributed by atoms with Gasteiger partial charge in [-0.15, -0.1) is 11.3 Å². The maximum Gasteiger partial charge on any atom is 0.275 e. The quantitative estimate of drug-likeness (QED) is 0.612. The molecule has 0 aliphatic heterocycles. The summed E-state index contributed by atoms with van der Waals surface area (Å²) < 4.78 is 18.5. The van der Waals surface area contributed by atoms with E-state index in [1.54, 1.807) is 30.6 Å². The Kier molecular flexibility index (Phi) is 6.79. The Morgan fingerprint density at radius 3 is 2.64 bits per heavy atom. The second kappa shape index (κ2) is 9.48. The maximum absolute atomic E-state index is 13.3. The first-order valence-electron chi connectivity index (χ1n) is 9.07. The molecule has 0 aliphatic rings. The molecule has 4 nitrogen and oxygen atoms in total. The largest absolute Gasteiger partial charge is 0.497 e. The summed E-state index contributed by atoms with van der Waals surface area (Å²) in [4.78, 5) is 14.8. The predicted octanol–water partition coefficient (Wildman–Crippen LogP) is 2.82. The topological polar surface area (TPSA) is 42.8 Å². The number of ether oxygens (including phenoxy) is 1. The Bertz CT molecular complexity index is 897. The van der Waals surface area contributed by atoms with Gasteiger partial charge in [0.25, 0.3) is 5.91 Å². The van der Waals surface area contributed by atoms with Crippen LogP contribution in [0.25, 0.3) is 0 Å². The standard InChI is InChI=1S/C22H23FN2O2S/c1-25(14-16-5-3-6-19(13-16)27-2)15-21(26)24-22(20-7-4-12-28-20)17-8-10-18(23)11-9-17/h3-13,22H,14-15H2,1-2H3,(H,24,26)/p+1/t22-/m1/s1. The first-order valence-corrected chi connectivity index (χ1v) is 9.95. The minimum Gasteiger partial charge on any atom is -0.497 e. The van der Waals surface area contributed by atoms with Crippen molar-refractivity contribution in [2.24, 2.45) is 0 Å². The molecule has 1 unspecified atom stereocenters. The second-order valence-electron chi connectivity index (χ2n) is 6.73. The summed E-state index contributed by atoms with van der Waals surface area (Å²) in [5.41, 5.74) is 1.97. The minimum absolute atomic E-state index is 0.0527. The molecule has 0 aliphatic carbocycles. The van der Waals surface area contributed by atoms with Gasteiger partial charge in [-0.1, -0.05) is 30.3 Å². The molecule has 1 amide bonds. The first-order chi connectivity index (χ1) is 13.5. The molecule has 0 saturated carbocycles. The Balaban J connectivity index is 1.65. The molecule has 2 atom stereocenters. The molecule has 28 heavy (non-hydrogen) atoms. The van der Waals surface area contributed by atoms with Gasteiger partial charge in [0.1, 0.15) is 18.1 Å². The van der Waals surface area contributed by atoms with Crippen LogP contribution in [0.2, 0.25) is 0 Å². The zero-order valence-electron chi connectivity index (χ0n) is 15.9. The number of carbonyl (C=O) groups excluding carboxylic acids is 1. The lowest BCUT2D eigenvalue weighted by molar-refractivity contribution is -0.885. The smallest absolute Gasteiger partial charge is 0.275 e. The van der Waals surface area contributed by atoms with Crippen molar-refractivity contribution in [3.63, 3.8) is 0 Å². The summed E-state index contributed by atoms with van der Waals surface area (Å²) in [7, 11) is 3.63. The lowest BCUT2D eigenvalue weighted by Crippen LogP contribution is -3.08. The number of rotatable bonds is 8. The summed E-state index contributed by atoms with van der Waals surface area (Å²) in [5.74, 6) is 0.467. The van der Waals surface area contributed by atoms with Crippen LogP contribution in [-0.2, 0) is 11.3 Å². The highest BCUT2D eigenvalue weighted by Gasteiger charge is 2.20. The highest BCUT2D eigenvalue weighted by atomic mass is 32.1. The SMILES string of the molecule is COc1cccc(C[NH+](C)CC(=O)N[C@H](c2ccc(F)cc2)c2cccs2)c1. The number of thiophene rings is 1. The van der Waals surface area contributed by atoms with E-state index in [9.17, 15) is 9.18 Å². The summed E-state index contributed by atoms with van der Waals surface area (Å²) in [6, 6.07) is 17.8. The molecule has 146 valence electrons. The van der Waals surface area contributed by atoms with Gasteiger partial charge >= 0.3 is 0 Å². The van der Waals surface area contributed by atoms with Gasteiger partial charge in [-0.25, -0.2) is 4.39 Å². The third-order valence-electron chi connectivity index (χ3n) is 4.44. The number of quaternary nitrogens is 1. The molecular formula is C22H24FN2O2S+. The minimum atomic E-state index is -0.289. The molecule has 3 rings (SSSR count). The van der Waals surface area contributed by atoms with Crippen LogP contribution >= 0.6 is 11.3 Å². The summed E-state index contributed by atoms with van der Waals surface area (Å²) in [5, 5.41) is 5.07. The fraction of sp³-hybridized carbons (Fsp3) is 0.227. The number of benzene rings is 2. The normalized spacial score (nSPS) is 13.0. The zero-order valence-corrected chi connectivity index (χ0v) is 16.8. The molecule has 0 saturated heterocycles. The molecule has 0 radical (unpaired) electrons. The number of nitrogens with one attached hydrogen (secondary N) is 2. The average molecular weight is 400 g/mol. The molecule has 0 spiro atoms. The van der Waals surface area contributed by atoms with E-state index in [0.717, 1.165) is 26.7 Å². The van der Waals surface area contributed by atoms with Crippen molar-refractivity contribution in [3.05, 3.63) is 87.9 Å². The predicted molar refractivity (Wildman–Crippen MR) is 109 cm³/mol. The number of amides is 1. The Morgan fingerprint density at radius 2 is 1.96 bits per heavy atom. The summed E-state index contributed by atoms with van der Waals surface area (Å²) in [6.45, 7) is 1.05. The van der Waals surface area contributed by atoms with Crippen LogP contribution in [0.15, 0.2) is 66.0 Å². The average Bonchev–Trinajstić information content (AvgIpc) is 3.21. The number of hydrogen-bond donors (Lipinski definition) is 2. The van der Waals surface area contributed by atoms with Crippen LogP contribution < -0.4 is 15.0 Å². The van der Waals surface area contributed by atoms with Gasteiger partial charge in [0, 0.05) is 10.4 Å². The monoisotopic (exact) mass is 399 g/mol. The summed E-state index contributed by atoms with van der Waals surface area (Å²) in [6.07, 6.45) is 0. The van der Waals surface area contributed by atoms with Crippen LogP contribution in [0.4, 0.5) is 4.39 Å². The third kappa shape index (κ3) is 5.41. The van der Waals surface area contributed by atoms with Crippen molar-refractivity contribution in [2.45, 2.75) is 12.6 Å². The molecule has 3 aromatic rings.